The van der Waals surface area contributed by atoms with E-state index < -0.39 is 0 Å². The van der Waals surface area contributed by atoms with Crippen LogP contribution < -0.4 is 15.4 Å². The summed E-state index contributed by atoms with van der Waals surface area (Å²) in [5.41, 5.74) is 4.40. The summed E-state index contributed by atoms with van der Waals surface area (Å²) in [5, 5.41) is 6.11. The van der Waals surface area contributed by atoms with Gasteiger partial charge in [-0.25, -0.2) is 4.98 Å². The molecule has 0 fully saturated rings. The van der Waals surface area contributed by atoms with E-state index in [9.17, 15) is 4.79 Å². The number of aryl methyl sites for hydroxylation is 2. The van der Waals surface area contributed by atoms with Gasteiger partial charge in [0.25, 0.3) is 5.91 Å². The van der Waals surface area contributed by atoms with Gasteiger partial charge in [-0.05, 0) is 49.2 Å². The second-order valence-corrected chi connectivity index (χ2v) is 7.16. The minimum atomic E-state index is -0.226. The number of ether oxygens (including phenoxy) is 1. The van der Waals surface area contributed by atoms with Crippen LogP contribution in [0.3, 0.4) is 0 Å². The van der Waals surface area contributed by atoms with E-state index in [1.54, 1.807) is 18.3 Å². The van der Waals surface area contributed by atoms with E-state index in [0.29, 0.717) is 23.7 Å². The Balaban J connectivity index is 1.56. The van der Waals surface area contributed by atoms with E-state index in [-0.39, 0.29) is 5.91 Å². The van der Waals surface area contributed by atoms with Gasteiger partial charge in [0.2, 0.25) is 5.95 Å². The number of fused-ring (bicyclic) bond motifs is 1. The molecule has 2 aromatic carbocycles. The maximum Gasteiger partial charge on any atom is 0.270 e. The van der Waals surface area contributed by atoms with Crippen molar-refractivity contribution in [1.82, 2.24) is 19.9 Å². The summed E-state index contributed by atoms with van der Waals surface area (Å²) in [5.74, 6) is 1.70. The number of hydrogen-bond donors (Lipinski definition) is 2. The number of anilines is 2. The number of carbonyl (C=O) groups is 1. The molecule has 0 spiro atoms. The van der Waals surface area contributed by atoms with Crippen molar-refractivity contribution >= 4 is 28.6 Å². The van der Waals surface area contributed by atoms with Crippen molar-refractivity contribution in [2.45, 2.75) is 20.3 Å². The number of imidazole rings is 1. The zero-order valence-electron chi connectivity index (χ0n) is 17.8. The summed E-state index contributed by atoms with van der Waals surface area (Å²) in [6.45, 7) is 4.55. The van der Waals surface area contributed by atoms with Crippen LogP contribution in [0.2, 0.25) is 0 Å². The number of aromatic nitrogens is 3. The van der Waals surface area contributed by atoms with Crippen LogP contribution in [0.15, 0.2) is 60.8 Å². The average Bonchev–Trinajstić information content (AvgIpc) is 3.09. The fourth-order valence-electron chi connectivity index (χ4n) is 3.29. The number of nitrogens with one attached hydrogen (secondary N) is 2. The second-order valence-electron chi connectivity index (χ2n) is 7.16. The van der Waals surface area contributed by atoms with Crippen LogP contribution in [-0.2, 0) is 13.5 Å². The van der Waals surface area contributed by atoms with Gasteiger partial charge < -0.3 is 19.9 Å². The van der Waals surface area contributed by atoms with Crippen molar-refractivity contribution in [2.75, 3.05) is 11.9 Å². The van der Waals surface area contributed by atoms with Crippen molar-refractivity contribution in [3.63, 3.8) is 0 Å². The molecule has 7 nitrogen and oxygen atoms in total. The van der Waals surface area contributed by atoms with Crippen molar-refractivity contribution in [3.8, 4) is 11.5 Å². The summed E-state index contributed by atoms with van der Waals surface area (Å²) < 4.78 is 7.97. The molecule has 4 rings (SSSR count). The summed E-state index contributed by atoms with van der Waals surface area (Å²) >= 11 is 0. The Labute approximate surface area is 181 Å². The van der Waals surface area contributed by atoms with E-state index in [1.807, 2.05) is 36.7 Å². The molecule has 4 aromatic rings. The molecule has 1 amide bonds. The molecule has 0 radical (unpaired) electrons. The third kappa shape index (κ3) is 4.50. The van der Waals surface area contributed by atoms with E-state index in [0.717, 1.165) is 29.1 Å². The lowest BCUT2D eigenvalue weighted by Gasteiger charge is -2.08. The largest absolute Gasteiger partial charge is 0.457 e. The molecule has 0 saturated heterocycles. The van der Waals surface area contributed by atoms with Crippen LogP contribution in [0.5, 0.6) is 11.5 Å². The SMILES string of the molecule is CCNC(=O)c1cc(Oc2ccc3c(c2)nc(Nc2ccc(CC)cc2)n3C)ccn1. The molecule has 0 bridgehead atoms. The smallest absolute Gasteiger partial charge is 0.270 e. The Morgan fingerprint density at radius 2 is 1.81 bits per heavy atom. The third-order valence-electron chi connectivity index (χ3n) is 5.01. The van der Waals surface area contributed by atoms with Crippen LogP contribution in [0, 0.1) is 0 Å². The van der Waals surface area contributed by atoms with Crippen LogP contribution >= 0.6 is 0 Å². The van der Waals surface area contributed by atoms with Gasteiger partial charge >= 0.3 is 0 Å². The van der Waals surface area contributed by atoms with Gasteiger partial charge in [-0.3, -0.25) is 9.78 Å². The monoisotopic (exact) mass is 415 g/mol. The van der Waals surface area contributed by atoms with Crippen LogP contribution in [0.1, 0.15) is 29.9 Å². The normalized spacial score (nSPS) is 10.8. The lowest BCUT2D eigenvalue weighted by molar-refractivity contribution is 0.0950. The minimum Gasteiger partial charge on any atom is -0.457 e. The van der Waals surface area contributed by atoms with Gasteiger partial charge in [-0.1, -0.05) is 19.1 Å². The van der Waals surface area contributed by atoms with Crippen molar-refractivity contribution in [2.24, 2.45) is 7.05 Å². The predicted molar refractivity (Wildman–Crippen MR) is 122 cm³/mol. The number of amides is 1. The lowest BCUT2D eigenvalue weighted by atomic mass is 10.1. The molecule has 2 heterocycles. The molecule has 2 aromatic heterocycles. The van der Waals surface area contributed by atoms with E-state index in [4.69, 9.17) is 9.72 Å². The molecule has 0 atom stereocenters. The van der Waals surface area contributed by atoms with Crippen molar-refractivity contribution < 1.29 is 9.53 Å². The quantitative estimate of drug-likeness (QED) is 0.452. The summed E-state index contributed by atoms with van der Waals surface area (Å²) in [6, 6.07) is 17.4. The highest BCUT2D eigenvalue weighted by atomic mass is 16.5. The van der Waals surface area contributed by atoms with Gasteiger partial charge in [0.05, 0.1) is 11.0 Å². The second kappa shape index (κ2) is 8.87. The number of hydrogen-bond acceptors (Lipinski definition) is 5. The fourth-order valence-corrected chi connectivity index (χ4v) is 3.29. The molecule has 0 aliphatic carbocycles. The Morgan fingerprint density at radius 3 is 2.55 bits per heavy atom. The Bertz CT molecular complexity index is 1210. The first-order chi connectivity index (χ1) is 15.1. The zero-order chi connectivity index (χ0) is 21.8. The fraction of sp³-hybridized carbons (Fsp3) is 0.208. The van der Waals surface area contributed by atoms with Gasteiger partial charge in [0, 0.05) is 37.6 Å². The molecular formula is C24H25N5O2. The average molecular weight is 415 g/mol. The van der Waals surface area contributed by atoms with Gasteiger partial charge in [-0.2, -0.15) is 0 Å². The van der Waals surface area contributed by atoms with Crippen molar-refractivity contribution in [1.29, 1.82) is 0 Å². The molecule has 7 heteroatoms. The molecule has 0 aliphatic heterocycles. The highest BCUT2D eigenvalue weighted by molar-refractivity contribution is 5.92. The molecule has 0 saturated carbocycles. The first-order valence-corrected chi connectivity index (χ1v) is 10.3. The number of pyridine rings is 1. The standard InChI is InChI=1S/C24H25N5O2/c1-4-16-6-8-17(9-7-16)27-24-28-20-14-18(10-11-22(20)29(24)3)31-19-12-13-26-21(15-19)23(30)25-5-2/h6-15H,4-5H2,1-3H3,(H,25,30)(H,27,28). The van der Waals surface area contributed by atoms with Crippen LogP contribution in [0.25, 0.3) is 11.0 Å². The molecule has 2 N–H and O–H groups in total. The number of rotatable bonds is 7. The molecule has 158 valence electrons. The first kappa shape index (κ1) is 20.4. The van der Waals surface area contributed by atoms with Gasteiger partial charge in [0.15, 0.2) is 0 Å². The van der Waals surface area contributed by atoms with E-state index >= 15 is 0 Å². The maximum absolute atomic E-state index is 12.0. The van der Waals surface area contributed by atoms with Gasteiger partial charge in [0.1, 0.15) is 17.2 Å². The van der Waals surface area contributed by atoms with Gasteiger partial charge in [-0.15, -0.1) is 0 Å². The highest BCUT2D eigenvalue weighted by Crippen LogP contribution is 2.28. The topological polar surface area (TPSA) is 81.1 Å². The minimum absolute atomic E-state index is 0.226. The van der Waals surface area contributed by atoms with Crippen LogP contribution in [0.4, 0.5) is 11.6 Å². The number of carbonyl (C=O) groups excluding carboxylic acids is 1. The first-order valence-electron chi connectivity index (χ1n) is 10.3. The maximum atomic E-state index is 12.0. The Kier molecular flexibility index (Phi) is 5.84. The summed E-state index contributed by atoms with van der Waals surface area (Å²) in [6.07, 6.45) is 2.57. The summed E-state index contributed by atoms with van der Waals surface area (Å²) in [4.78, 5) is 20.8. The van der Waals surface area contributed by atoms with Crippen LogP contribution in [-0.4, -0.2) is 27.0 Å². The third-order valence-corrected chi connectivity index (χ3v) is 5.01. The number of benzene rings is 2. The predicted octanol–water partition coefficient (Wildman–Crippen LogP) is 4.82. The van der Waals surface area contributed by atoms with Crippen molar-refractivity contribution in [3.05, 3.63) is 72.1 Å². The molecule has 31 heavy (non-hydrogen) atoms. The number of nitrogens with zero attached hydrogens (tertiary/aromatic N) is 3. The lowest BCUT2D eigenvalue weighted by Crippen LogP contribution is -2.23. The molecule has 0 aliphatic rings. The molecule has 0 unspecified atom stereocenters. The molecular weight excluding hydrogens is 390 g/mol. The van der Waals surface area contributed by atoms with E-state index in [2.05, 4.69) is 46.8 Å². The zero-order valence-corrected chi connectivity index (χ0v) is 17.8. The Morgan fingerprint density at radius 1 is 1.03 bits per heavy atom. The Hall–Kier alpha value is -3.87. The highest BCUT2D eigenvalue weighted by Gasteiger charge is 2.11. The van der Waals surface area contributed by atoms with E-state index in [1.165, 1.54) is 5.56 Å². The summed E-state index contributed by atoms with van der Waals surface area (Å²) in [7, 11) is 1.97.